The molecule has 270 valence electrons. The Labute approximate surface area is 349 Å². The van der Waals surface area contributed by atoms with Gasteiger partial charge in [0.25, 0.3) is 0 Å². The van der Waals surface area contributed by atoms with Gasteiger partial charge in [-0.25, -0.2) is 15.0 Å². The van der Waals surface area contributed by atoms with Crippen molar-refractivity contribution in [2.45, 2.75) is 0 Å². The molecule has 0 N–H and O–H groups in total. The summed E-state index contributed by atoms with van der Waals surface area (Å²) < 4.78 is 11.1. The van der Waals surface area contributed by atoms with Crippen molar-refractivity contribution < 1.29 is 4.42 Å². The minimum atomic E-state index is -0.632. The molecule has 4 nitrogen and oxygen atoms in total. The molecule has 0 aliphatic carbocycles. The highest BCUT2D eigenvalue weighted by molar-refractivity contribution is 14.2. The lowest BCUT2D eigenvalue weighted by atomic mass is 9.98. The Kier molecular flexibility index (Phi) is 8.73. The largest absolute Gasteiger partial charge is 0.456 e. The Hall–Kier alpha value is -5.97. The van der Waals surface area contributed by atoms with E-state index < -0.39 is 41.5 Å². The highest BCUT2D eigenvalue weighted by Gasteiger charge is 2.18. The van der Waals surface area contributed by atoms with Crippen LogP contribution in [-0.4, -0.2) is 13.2 Å². The van der Waals surface area contributed by atoms with Crippen molar-refractivity contribution in [2.75, 3.05) is 0 Å². The summed E-state index contributed by atoms with van der Waals surface area (Å²) in [6.07, 6.45) is 0. The smallest absolute Gasteiger partial charge is 0.161 e. The average molecular weight is 956 g/mol. The normalized spacial score (nSPS) is 13.4. The van der Waals surface area contributed by atoms with Gasteiger partial charge in [-0.1, -0.05) is 178 Å². The van der Waals surface area contributed by atoms with E-state index in [1.807, 2.05) is 18.2 Å². The van der Waals surface area contributed by atoms with Gasteiger partial charge in [0, 0.05) is 40.3 Å². The van der Waals surface area contributed by atoms with E-state index in [1.165, 1.54) is 45.5 Å². The average Bonchev–Trinajstić information content (AvgIpc) is 3.65. The molecule has 57 heavy (non-hydrogen) atoms. The van der Waals surface area contributed by atoms with Gasteiger partial charge in [0.05, 0.1) is 11.0 Å². The highest BCUT2D eigenvalue weighted by atomic mass is 127. The molecule has 9 aromatic rings. The van der Waals surface area contributed by atoms with E-state index in [0.717, 1.165) is 57.5 Å². The van der Waals surface area contributed by atoms with Crippen molar-refractivity contribution in [2.24, 2.45) is 15.0 Å². The van der Waals surface area contributed by atoms with Crippen molar-refractivity contribution >= 4 is 82.3 Å². The second-order valence-corrected chi connectivity index (χ2v) is 19.3. The van der Waals surface area contributed by atoms with Crippen LogP contribution in [0.3, 0.4) is 0 Å². The predicted molar refractivity (Wildman–Crippen MR) is 253 cm³/mol. The van der Waals surface area contributed by atoms with Gasteiger partial charge < -0.3 is 4.42 Å². The fraction of sp³-hybridized carbons (Fsp3) is 0. The first kappa shape index (κ1) is 34.3. The van der Waals surface area contributed by atoms with Gasteiger partial charge in [0.1, 0.15) is 18.5 Å². The molecule has 3 heterocycles. The zero-order valence-electron chi connectivity index (χ0n) is 30.4. The number of fused-ring (bicyclic) bond motifs is 5. The summed E-state index contributed by atoms with van der Waals surface area (Å²) in [6.45, 7) is 0. The number of benzene rings is 8. The van der Waals surface area contributed by atoms with Gasteiger partial charge in [0.2, 0.25) is 0 Å². The summed E-state index contributed by atoms with van der Waals surface area (Å²) in [4.78, 5) is 15.5. The first-order valence-corrected chi connectivity index (χ1v) is 23.1. The van der Waals surface area contributed by atoms with Gasteiger partial charge in [-0.2, -0.15) is 0 Å². The van der Waals surface area contributed by atoms with E-state index in [9.17, 15) is 0 Å². The lowest BCUT2D eigenvalue weighted by Gasteiger charge is -2.14. The Morgan fingerprint density at radius 2 is 1.02 bits per heavy atom. The van der Waals surface area contributed by atoms with Crippen LogP contribution in [0.15, 0.2) is 207 Å². The van der Waals surface area contributed by atoms with Gasteiger partial charge in [-0.15, -0.1) is 0 Å². The maximum Gasteiger partial charge on any atom is 0.161 e. The van der Waals surface area contributed by atoms with E-state index in [1.54, 1.807) is 0 Å². The molecule has 11 rings (SSSR count). The van der Waals surface area contributed by atoms with Gasteiger partial charge in [-0.05, 0) is 78.4 Å². The van der Waals surface area contributed by atoms with Crippen molar-refractivity contribution in [1.29, 1.82) is 0 Å². The van der Waals surface area contributed by atoms with Crippen LogP contribution < -0.4 is 5.36 Å². The van der Waals surface area contributed by atoms with E-state index in [2.05, 4.69) is 170 Å². The molecule has 8 aromatic carbocycles. The van der Waals surface area contributed by atoms with Crippen LogP contribution in [-0.2, 0) is 0 Å². The zero-order valence-corrected chi connectivity index (χ0v) is 34.7. The van der Waals surface area contributed by atoms with Crippen LogP contribution in [0.1, 0.15) is 16.7 Å². The third-order valence-electron chi connectivity index (χ3n) is 10.3. The van der Waals surface area contributed by atoms with Crippen LogP contribution in [0.2, 0.25) is 0 Å². The summed E-state index contributed by atoms with van der Waals surface area (Å²) in [5, 5.41) is 3.36. The third kappa shape index (κ3) is 6.52. The second-order valence-electron chi connectivity index (χ2n) is 13.9. The SMILES string of the molecule is c1ccc(C2=NC(c3ccc(-c4cccc(-c5cccc6c5I=c5cc7c(cc5=N6)oc5ccccc57)c4)cc3)=IC(c3ccc(-c4ccccc4)cc3)=N2)cc1. The number of aliphatic imine (C=N–C) groups is 2. The Balaban J connectivity index is 0.923. The molecule has 0 saturated carbocycles. The Bertz CT molecular complexity index is 3260. The van der Waals surface area contributed by atoms with Crippen LogP contribution in [0.25, 0.3) is 55.3 Å². The molecule has 2 aliphatic heterocycles. The lowest BCUT2D eigenvalue weighted by molar-refractivity contribution is 0.668. The van der Waals surface area contributed by atoms with Gasteiger partial charge in [0.15, 0.2) is 5.84 Å². The minimum Gasteiger partial charge on any atom is -0.456 e. The van der Waals surface area contributed by atoms with Crippen molar-refractivity contribution in [1.82, 2.24) is 0 Å². The maximum absolute atomic E-state index is 6.20. The molecule has 0 atom stereocenters. The van der Waals surface area contributed by atoms with Crippen molar-refractivity contribution in [3.05, 3.63) is 217 Å². The molecule has 6 heteroatoms. The van der Waals surface area contributed by atoms with Crippen molar-refractivity contribution in [3.63, 3.8) is 0 Å². The van der Waals surface area contributed by atoms with Gasteiger partial charge in [-0.3, -0.25) is 0 Å². The van der Waals surface area contributed by atoms with E-state index in [0.29, 0.717) is 0 Å². The number of rotatable bonds is 6. The number of amidine groups is 1. The molecule has 0 fully saturated rings. The Morgan fingerprint density at radius 3 is 1.82 bits per heavy atom. The minimum absolute atomic E-state index is 0.474. The van der Waals surface area contributed by atoms with Crippen LogP contribution in [0.5, 0.6) is 0 Å². The summed E-state index contributed by atoms with van der Waals surface area (Å²) in [5.41, 5.74) is 13.5. The number of para-hydroxylation sites is 1. The van der Waals surface area contributed by atoms with Gasteiger partial charge >= 0.3 is 0 Å². The summed E-state index contributed by atoms with van der Waals surface area (Å²) >= 11 is -1.11. The topological polar surface area (TPSA) is 50.2 Å². The molecular formula is C51H31I2N3O. The summed E-state index contributed by atoms with van der Waals surface area (Å²) in [5.74, 6) is 0.765. The highest BCUT2D eigenvalue weighted by Crippen LogP contribution is 2.40. The lowest BCUT2D eigenvalue weighted by Crippen LogP contribution is -2.11. The summed E-state index contributed by atoms with van der Waals surface area (Å²) in [6, 6.07) is 66.8. The van der Waals surface area contributed by atoms with E-state index >= 15 is 0 Å². The molecule has 2 aliphatic rings. The van der Waals surface area contributed by atoms with E-state index in [-0.39, 0.29) is 0 Å². The monoisotopic (exact) mass is 955 g/mol. The first-order valence-electron chi connectivity index (χ1n) is 18.8. The summed E-state index contributed by atoms with van der Waals surface area (Å²) in [7, 11) is 0. The standard InChI is InChI=1S/C51H31I2N3O/c1-3-11-32(12-4-1)33-21-25-35(26-22-33)49-53-50(56-51(55-49)37-13-5-2-6-14-37)36-27-23-34(24-28-36)38-15-9-16-39(29-38)40-18-10-19-44-48(40)52-43-30-42-41-17-7-8-20-46(41)57-47(42)31-45(43)54-44/h1-31H. The molecule has 0 radical (unpaired) electrons. The molecule has 0 spiro atoms. The second kappa shape index (κ2) is 14.5. The first-order chi connectivity index (χ1) is 28.2. The fourth-order valence-corrected chi connectivity index (χ4v) is 12.9. The van der Waals surface area contributed by atoms with Crippen LogP contribution in [0, 0.1) is 6.72 Å². The third-order valence-corrected chi connectivity index (χ3v) is 16.2. The Morgan fingerprint density at radius 1 is 0.386 bits per heavy atom. The van der Waals surface area contributed by atoms with E-state index in [4.69, 9.17) is 19.4 Å². The molecule has 0 saturated heterocycles. The zero-order chi connectivity index (χ0) is 37.7. The molecular weight excluding hydrogens is 924 g/mol. The molecule has 1 aromatic heterocycles. The fourth-order valence-electron chi connectivity index (χ4n) is 7.45. The van der Waals surface area contributed by atoms with Crippen molar-refractivity contribution in [3.8, 4) is 33.4 Å². The molecule has 0 amide bonds. The van der Waals surface area contributed by atoms with Crippen LogP contribution in [0.4, 0.5) is 5.69 Å². The maximum atomic E-state index is 6.20. The van der Waals surface area contributed by atoms with Crippen LogP contribution >= 0.6 is 41.5 Å². The number of hydrogen-bond donors (Lipinski definition) is 0. The number of furan rings is 1. The number of halogens is 2. The number of nitrogens with zero attached hydrogens (tertiary/aromatic N) is 3. The predicted octanol–water partition coefficient (Wildman–Crippen LogP) is 13.3. The quantitative estimate of drug-likeness (QED) is 0.153. The molecule has 0 bridgehead atoms. The molecule has 0 unspecified atom stereocenters. The number of hydrogen-bond acceptors (Lipinski definition) is 4.